The Hall–Kier alpha value is -0.780. The monoisotopic (exact) mass is 191 g/mol. The fraction of sp³-hybridized carbons (Fsp3) is 0.571. The Morgan fingerprint density at radius 2 is 1.57 bits per heavy atom. The van der Waals surface area contributed by atoms with Crippen molar-refractivity contribution in [3.63, 3.8) is 0 Å². The molecule has 1 atom stereocenters. The lowest BCUT2D eigenvalue weighted by atomic mass is 9.83. The third-order valence-electron chi connectivity index (χ3n) is 2.75. The predicted molar refractivity (Wildman–Crippen MR) is 64.0 cm³/mol. The molecular formula is C14H22. The second-order valence-electron chi connectivity index (χ2n) is 5.06. The van der Waals surface area contributed by atoms with Crippen LogP contribution in [-0.4, -0.2) is 0 Å². The number of hydrogen-bond donors (Lipinski definition) is 0. The largest absolute Gasteiger partial charge is 0.0613 e. The van der Waals surface area contributed by atoms with Crippen molar-refractivity contribution < 1.29 is 1.37 Å². The summed E-state index contributed by atoms with van der Waals surface area (Å²) in [6, 6.07) is 4.46. The molecule has 0 heteroatoms. The highest BCUT2D eigenvalue weighted by atomic mass is 14.2. The van der Waals surface area contributed by atoms with Crippen LogP contribution in [0.4, 0.5) is 0 Å². The molecule has 0 saturated heterocycles. The second kappa shape index (κ2) is 3.76. The van der Waals surface area contributed by atoms with E-state index in [0.717, 1.165) is 0 Å². The molecule has 0 nitrogen and oxygen atoms in total. The smallest absolute Gasteiger partial charge is 0.0313 e. The lowest BCUT2D eigenvalue weighted by molar-refractivity contribution is 0.588. The molecule has 0 bridgehead atoms. The first-order chi connectivity index (χ1) is 6.73. The summed E-state index contributed by atoms with van der Waals surface area (Å²) < 4.78 is 7.83. The van der Waals surface area contributed by atoms with Crippen molar-refractivity contribution in [1.82, 2.24) is 0 Å². The molecule has 1 unspecified atom stereocenters. The van der Waals surface area contributed by atoms with Crippen LogP contribution in [0.15, 0.2) is 12.1 Å². The van der Waals surface area contributed by atoms with Crippen LogP contribution in [0.5, 0.6) is 0 Å². The van der Waals surface area contributed by atoms with Crippen LogP contribution in [-0.2, 0) is 11.8 Å². The molecule has 0 saturated carbocycles. The maximum absolute atomic E-state index is 7.83. The van der Waals surface area contributed by atoms with Crippen LogP contribution in [0.25, 0.3) is 0 Å². The molecule has 1 rings (SSSR count). The average molecular weight is 191 g/mol. The summed E-state index contributed by atoms with van der Waals surface area (Å²) in [4.78, 5) is 0. The summed E-state index contributed by atoms with van der Waals surface area (Å²) in [5.74, 6) is 0. The van der Waals surface area contributed by atoms with Gasteiger partial charge in [-0.3, -0.25) is 0 Å². The van der Waals surface area contributed by atoms with Crippen LogP contribution in [0, 0.1) is 13.8 Å². The minimum atomic E-state index is -0.126. The van der Waals surface area contributed by atoms with E-state index >= 15 is 0 Å². The van der Waals surface area contributed by atoms with E-state index < -0.39 is 0 Å². The van der Waals surface area contributed by atoms with E-state index in [2.05, 4.69) is 46.8 Å². The normalized spacial score (nSPS) is 15.1. The molecule has 0 radical (unpaired) electrons. The Bertz CT molecular complexity index is 333. The molecule has 0 N–H and O–H groups in total. The third kappa shape index (κ3) is 2.17. The second-order valence-corrected chi connectivity index (χ2v) is 5.06. The van der Waals surface area contributed by atoms with Crippen LogP contribution < -0.4 is 0 Å². The Morgan fingerprint density at radius 1 is 1.14 bits per heavy atom. The maximum Gasteiger partial charge on any atom is 0.0313 e. The quantitative estimate of drug-likeness (QED) is 0.625. The summed E-state index contributed by atoms with van der Waals surface area (Å²) in [5.41, 5.74) is 5.24. The summed E-state index contributed by atoms with van der Waals surface area (Å²) in [6.45, 7) is 12.8. The van der Waals surface area contributed by atoms with Crippen molar-refractivity contribution >= 4 is 0 Å². The van der Waals surface area contributed by atoms with E-state index in [4.69, 9.17) is 1.37 Å². The number of hydrogen-bond acceptors (Lipinski definition) is 0. The molecule has 0 aliphatic heterocycles. The van der Waals surface area contributed by atoms with Gasteiger partial charge in [0.05, 0.1) is 0 Å². The number of rotatable bonds is 1. The van der Waals surface area contributed by atoms with Crippen molar-refractivity contribution in [2.24, 2.45) is 0 Å². The fourth-order valence-electron chi connectivity index (χ4n) is 1.86. The van der Waals surface area contributed by atoms with E-state index in [1.54, 1.807) is 0 Å². The highest BCUT2D eigenvalue weighted by molar-refractivity contribution is 5.40. The van der Waals surface area contributed by atoms with Crippen molar-refractivity contribution in [3.05, 3.63) is 34.4 Å². The average Bonchev–Trinajstić information content (AvgIpc) is 1.99. The van der Waals surface area contributed by atoms with Gasteiger partial charge in [-0.05, 0) is 47.9 Å². The molecule has 0 aromatic heterocycles. The summed E-state index contributed by atoms with van der Waals surface area (Å²) in [7, 11) is 0. The van der Waals surface area contributed by atoms with Crippen molar-refractivity contribution in [2.45, 2.75) is 53.4 Å². The SMILES string of the molecule is [2H]C(C)c1c(C)cc(C(C)(C)C)cc1C. The molecule has 1 aromatic rings. The van der Waals surface area contributed by atoms with Gasteiger partial charge in [0.25, 0.3) is 0 Å². The summed E-state index contributed by atoms with van der Waals surface area (Å²) >= 11 is 0. The van der Waals surface area contributed by atoms with Gasteiger partial charge in [-0.1, -0.05) is 39.8 Å². The lowest BCUT2D eigenvalue weighted by Gasteiger charge is -2.22. The summed E-state index contributed by atoms with van der Waals surface area (Å²) in [5, 5.41) is 0. The molecule has 0 amide bonds. The Balaban J connectivity index is 3.32. The Kier molecular flexibility index (Phi) is 2.62. The molecular weight excluding hydrogens is 168 g/mol. The molecule has 78 valence electrons. The first-order valence-electron chi connectivity index (χ1n) is 5.85. The fourth-order valence-corrected chi connectivity index (χ4v) is 1.86. The van der Waals surface area contributed by atoms with E-state index in [9.17, 15) is 0 Å². The van der Waals surface area contributed by atoms with E-state index in [0.29, 0.717) is 0 Å². The van der Waals surface area contributed by atoms with Gasteiger partial charge in [0.15, 0.2) is 0 Å². The standard InChI is InChI=1S/C14H22/c1-7-13-10(2)8-12(9-11(13)3)14(4,5)6/h8-9H,7H2,1-6H3/i7D. The maximum atomic E-state index is 7.83. The van der Waals surface area contributed by atoms with Gasteiger partial charge in [-0.15, -0.1) is 0 Å². The lowest BCUT2D eigenvalue weighted by Crippen LogP contribution is -2.12. The van der Waals surface area contributed by atoms with Crippen molar-refractivity contribution in [3.8, 4) is 0 Å². The van der Waals surface area contributed by atoms with E-state index in [1.807, 2.05) is 6.92 Å². The van der Waals surface area contributed by atoms with Crippen LogP contribution in [0.1, 0.15) is 51.3 Å². The third-order valence-corrected chi connectivity index (χ3v) is 2.75. The zero-order valence-electron chi connectivity index (χ0n) is 11.2. The van der Waals surface area contributed by atoms with Gasteiger partial charge in [0.1, 0.15) is 0 Å². The number of benzene rings is 1. The van der Waals surface area contributed by atoms with Crippen molar-refractivity contribution in [2.75, 3.05) is 0 Å². The molecule has 0 spiro atoms. The van der Waals surface area contributed by atoms with E-state index in [-0.39, 0.29) is 11.8 Å². The molecule has 0 fully saturated rings. The zero-order chi connectivity index (χ0) is 11.8. The van der Waals surface area contributed by atoms with Crippen LogP contribution in [0.3, 0.4) is 0 Å². The van der Waals surface area contributed by atoms with Gasteiger partial charge in [0.2, 0.25) is 0 Å². The van der Waals surface area contributed by atoms with Gasteiger partial charge in [-0.25, -0.2) is 0 Å². The van der Waals surface area contributed by atoms with Crippen molar-refractivity contribution in [1.29, 1.82) is 0 Å². The molecule has 14 heavy (non-hydrogen) atoms. The highest BCUT2D eigenvalue weighted by Gasteiger charge is 2.15. The van der Waals surface area contributed by atoms with Crippen LogP contribution >= 0.6 is 0 Å². The van der Waals surface area contributed by atoms with Crippen LogP contribution in [0.2, 0.25) is 0 Å². The molecule has 0 aliphatic rings. The Morgan fingerprint density at radius 3 is 1.86 bits per heavy atom. The first kappa shape index (κ1) is 9.76. The minimum absolute atomic E-state index is 0.126. The minimum Gasteiger partial charge on any atom is -0.0613 e. The zero-order valence-corrected chi connectivity index (χ0v) is 10.2. The Labute approximate surface area is 89.8 Å². The highest BCUT2D eigenvalue weighted by Crippen LogP contribution is 2.26. The van der Waals surface area contributed by atoms with Gasteiger partial charge in [-0.2, -0.15) is 0 Å². The molecule has 0 aliphatic carbocycles. The van der Waals surface area contributed by atoms with Gasteiger partial charge in [0, 0.05) is 1.37 Å². The first-order valence-corrected chi connectivity index (χ1v) is 5.27. The molecule has 1 aromatic carbocycles. The molecule has 0 heterocycles. The van der Waals surface area contributed by atoms with Gasteiger partial charge >= 0.3 is 0 Å². The topological polar surface area (TPSA) is 0 Å². The summed E-state index contributed by atoms with van der Waals surface area (Å²) in [6.07, 6.45) is -0.126. The number of aryl methyl sites for hydroxylation is 2. The predicted octanol–water partition coefficient (Wildman–Crippen LogP) is 4.16. The van der Waals surface area contributed by atoms with Gasteiger partial charge < -0.3 is 0 Å². The van der Waals surface area contributed by atoms with E-state index in [1.165, 1.54) is 22.3 Å².